The number of urea groups is 1. The second kappa shape index (κ2) is 39.6. The Balaban J connectivity index is 0.000000602. The fraction of sp³-hybridized carbons (Fsp3) is 0.549. The van der Waals surface area contributed by atoms with Crippen molar-refractivity contribution in [2.75, 3.05) is 91.8 Å². The summed E-state index contributed by atoms with van der Waals surface area (Å²) in [5.41, 5.74) is 12.2. The average molecular weight is 1430 g/mol. The average Bonchev–Trinajstić information content (AvgIpc) is 1.66. The number of nitro groups is 2. The smallest absolute Gasteiger partial charge is 0.361 e. The number of esters is 3. The lowest BCUT2D eigenvalue weighted by Gasteiger charge is -2.30. The van der Waals surface area contributed by atoms with Gasteiger partial charge in [0.1, 0.15) is 22.8 Å². The summed E-state index contributed by atoms with van der Waals surface area (Å²) in [5, 5.41) is 41.1. The highest BCUT2D eigenvalue weighted by Crippen LogP contribution is 2.33. The fourth-order valence-corrected chi connectivity index (χ4v) is 8.60. The van der Waals surface area contributed by atoms with E-state index in [2.05, 4.69) is 127 Å². The molecule has 6 aromatic heterocycles. The zero-order valence-corrected chi connectivity index (χ0v) is 61.6. The summed E-state index contributed by atoms with van der Waals surface area (Å²) >= 11 is 0. The summed E-state index contributed by atoms with van der Waals surface area (Å²) in [6.07, 6.45) is 6.16. The molecule has 6 aromatic rings. The van der Waals surface area contributed by atoms with Crippen molar-refractivity contribution in [3.05, 3.63) is 148 Å². The maximum absolute atomic E-state index is 12.4. The number of hydrogen-bond acceptors (Lipinski definition) is 17. The highest BCUT2D eigenvalue weighted by atomic mass is 16.6. The minimum Gasteiger partial charge on any atom is -0.498 e. The number of likely N-dealkylation sites (tertiary alicyclic amines) is 3. The van der Waals surface area contributed by atoms with Crippen LogP contribution in [0.5, 0.6) is 0 Å². The molecule has 10 rings (SSSR count). The molecular formula is C71H112N16O15. The van der Waals surface area contributed by atoms with Gasteiger partial charge < -0.3 is 85.7 Å². The third-order valence-corrected chi connectivity index (χ3v) is 15.5. The number of ether oxygens (including phenoxy) is 3. The second-order valence-electron chi connectivity index (χ2n) is 28.5. The van der Waals surface area contributed by atoms with Crippen molar-refractivity contribution in [2.45, 2.75) is 178 Å². The molecule has 0 aromatic carbocycles. The van der Waals surface area contributed by atoms with Gasteiger partial charge in [0.25, 0.3) is 29.5 Å². The summed E-state index contributed by atoms with van der Waals surface area (Å²) < 4.78 is 13.5. The van der Waals surface area contributed by atoms with Crippen LogP contribution in [0.2, 0.25) is 0 Å². The molecule has 0 bridgehead atoms. The summed E-state index contributed by atoms with van der Waals surface area (Å²) in [5.74, 6) is -1.70. The number of H-pyrrole nitrogens is 6. The zero-order chi connectivity index (χ0) is 75.8. The molecule has 4 aliphatic rings. The molecule has 566 valence electrons. The van der Waals surface area contributed by atoms with Crippen LogP contribution in [0.4, 0.5) is 27.5 Å². The van der Waals surface area contributed by atoms with Gasteiger partial charge in [-0.2, -0.15) is 0 Å². The first-order chi connectivity index (χ1) is 46.5. The molecule has 11 N–H and O–H groups in total. The van der Waals surface area contributed by atoms with Crippen LogP contribution in [-0.4, -0.2) is 177 Å². The Kier molecular flexibility index (Phi) is 34.8. The number of aromatic amines is 6. The van der Waals surface area contributed by atoms with Crippen LogP contribution in [0.1, 0.15) is 243 Å². The third-order valence-electron chi connectivity index (χ3n) is 15.5. The first-order valence-electron chi connectivity index (χ1n) is 32.6. The number of rotatable bonds is 9. The first kappa shape index (κ1) is 89.6. The molecule has 31 nitrogen and oxygen atoms in total. The van der Waals surface area contributed by atoms with Gasteiger partial charge in [0.15, 0.2) is 5.69 Å². The van der Waals surface area contributed by atoms with Crippen LogP contribution in [0.3, 0.4) is 0 Å². The Morgan fingerprint density at radius 2 is 0.873 bits per heavy atom. The molecule has 102 heavy (non-hydrogen) atoms. The normalized spacial score (nSPS) is 13.2. The van der Waals surface area contributed by atoms with E-state index in [9.17, 15) is 53.8 Å². The van der Waals surface area contributed by atoms with E-state index in [4.69, 9.17) is 10.9 Å². The molecule has 5 amide bonds. The molecule has 31 heteroatoms. The Morgan fingerprint density at radius 1 is 0.520 bits per heavy atom. The van der Waals surface area contributed by atoms with Gasteiger partial charge in [-0.25, -0.2) is 19.2 Å². The Bertz CT molecular complexity index is 3760. The molecule has 0 aliphatic carbocycles. The number of anilines is 2. The van der Waals surface area contributed by atoms with Crippen molar-refractivity contribution in [3.8, 4) is 6.07 Å². The van der Waals surface area contributed by atoms with Crippen molar-refractivity contribution in [3.63, 3.8) is 0 Å². The monoisotopic (exact) mass is 1430 g/mol. The summed E-state index contributed by atoms with van der Waals surface area (Å²) in [7, 11) is 5.45. The third kappa shape index (κ3) is 26.6. The highest BCUT2D eigenvalue weighted by molar-refractivity contribution is 6.03. The second-order valence-corrected chi connectivity index (χ2v) is 28.5. The van der Waals surface area contributed by atoms with Crippen molar-refractivity contribution < 1.29 is 57.6 Å². The van der Waals surface area contributed by atoms with Crippen molar-refractivity contribution in [1.29, 1.82) is 0 Å². The van der Waals surface area contributed by atoms with Crippen LogP contribution in [-0.2, 0) is 41.3 Å². The van der Waals surface area contributed by atoms with E-state index in [1.54, 1.807) is 41.2 Å². The standard InChI is InChI=1S/C14H22N4O2.C12H17N3O3.C12H19N3O.C10H14N2O4.C10H15NO2.C6H7NO2.C3H7N.C2H3NO.2CH4/c1-14(2,3)10-8-9(16-13(20)15-4)11(17-10)12(19)18-6-5-7-18;1-12(2,3)9-7-8(15(17)18)10(13-9)11(16)14-5-4-6-14;1-12(2,3)9-7-8(13)10(14-9)11(16)15-5-4-6-15;1-10(2,3)7-5-6(12(14)15)8(11-7)9(13)16-4;1-10(2,3)8-6-5-7(11-8)9(12)13-4;1-9-6(8)5-3-2-4-7-5;1-2-4-3-1;1-2-3-4;;/h8,17H,5-7H2,1-4H3,(H2,15,16,20);7,13H,4-6H2,1-3H3;7,14H,4-6,13H2,1-3H3;5,11H,1-4H3;5-6,11H,1-4H3;2-4,7H,1H3;4H,1-3H2;1H3;2*1H4. The number of nitrogens with zero attached hydrogens (tertiary/aromatic N) is 6. The van der Waals surface area contributed by atoms with E-state index in [0.29, 0.717) is 58.6 Å². The lowest BCUT2D eigenvalue weighted by atomic mass is 9.92. The van der Waals surface area contributed by atoms with Crippen molar-refractivity contribution in [2.24, 2.45) is 0 Å². The number of methoxy groups -OCH3 is 3. The topological polar surface area (TPSA) is 427 Å². The quantitative estimate of drug-likeness (QED) is 0.0278. The molecule has 0 saturated carbocycles. The van der Waals surface area contributed by atoms with E-state index in [1.807, 2.05) is 70.7 Å². The number of amides is 5. The summed E-state index contributed by atoms with van der Waals surface area (Å²) in [6.45, 7) is 38.8. The van der Waals surface area contributed by atoms with E-state index in [0.717, 1.165) is 62.5 Å². The Labute approximate surface area is 599 Å². The molecular weight excluding hydrogens is 1320 g/mol. The summed E-state index contributed by atoms with van der Waals surface area (Å²) in [6, 6.07) is 15.3. The number of nitrogens with two attached hydrogens (primary N) is 1. The molecule has 0 unspecified atom stereocenters. The minimum absolute atomic E-state index is 0. The number of nitrogen functional groups attached to an aromatic ring is 1. The molecule has 0 spiro atoms. The SMILES string of the molecule is C.C.C1CNC1.CC#[N+][O-].CC(C)(C)c1cc(N)c(C(=O)N2CCC2)[nH]1.CC(C)(C)c1cc([N+](=O)[O-])c(C(=O)N2CCC2)[nH]1.CNC(=O)Nc1cc(C(C)(C)C)[nH]c1C(=O)N1CCC1.COC(=O)c1[nH]c(C(C)(C)C)cc1[N+](=O)[O-].COC(=O)c1ccc(C(C)(C)C)[nH]1.COC(=O)c1ccc[nH]1. The number of carbonyl (C=O) groups excluding carboxylic acids is 7. The van der Waals surface area contributed by atoms with Crippen molar-refractivity contribution in [1.82, 2.24) is 55.2 Å². The van der Waals surface area contributed by atoms with Gasteiger partial charge in [0, 0.05) is 125 Å². The minimum atomic E-state index is -0.734. The van der Waals surface area contributed by atoms with E-state index in [1.165, 1.54) is 59.9 Å². The van der Waals surface area contributed by atoms with Gasteiger partial charge in [0.05, 0.1) is 49.5 Å². The number of hydrogen-bond donors (Lipinski definition) is 10. The first-order valence-corrected chi connectivity index (χ1v) is 32.6. The lowest BCUT2D eigenvalue weighted by molar-refractivity contribution is -0.385. The van der Waals surface area contributed by atoms with Crippen LogP contribution in [0.25, 0.3) is 5.01 Å². The summed E-state index contributed by atoms with van der Waals surface area (Å²) in [4.78, 5) is 125. The van der Waals surface area contributed by atoms with E-state index in [-0.39, 0.29) is 100 Å². The largest absolute Gasteiger partial charge is 0.498 e. The van der Waals surface area contributed by atoms with Crippen LogP contribution >= 0.6 is 0 Å². The molecule has 4 aliphatic heterocycles. The zero-order valence-electron chi connectivity index (χ0n) is 61.6. The van der Waals surface area contributed by atoms with Gasteiger partial charge >= 0.3 is 29.6 Å². The molecule has 0 atom stereocenters. The maximum atomic E-state index is 12.4. The molecule has 0 radical (unpaired) electrons. The number of nitrogens with one attached hydrogen (secondary N) is 9. The number of aromatic nitrogens is 6. The van der Waals surface area contributed by atoms with Crippen LogP contribution in [0.15, 0.2) is 54.7 Å². The predicted octanol–water partition coefficient (Wildman–Crippen LogP) is 12.7. The van der Waals surface area contributed by atoms with Gasteiger partial charge in [0.2, 0.25) is 5.69 Å². The molecule has 4 fully saturated rings. The van der Waals surface area contributed by atoms with Gasteiger partial charge in [-0.05, 0) is 75.2 Å². The van der Waals surface area contributed by atoms with E-state index >= 15 is 0 Å². The van der Waals surface area contributed by atoms with Crippen LogP contribution < -0.4 is 21.7 Å². The highest BCUT2D eigenvalue weighted by Gasteiger charge is 2.34. The van der Waals surface area contributed by atoms with Crippen LogP contribution in [0, 0.1) is 31.5 Å². The predicted molar refractivity (Wildman–Crippen MR) is 397 cm³/mol. The number of carbonyl (C=O) groups is 7. The molecule has 10 heterocycles. The Hall–Kier alpha value is -10.4. The van der Waals surface area contributed by atoms with E-state index < -0.39 is 15.8 Å². The lowest BCUT2D eigenvalue weighted by Crippen LogP contribution is -2.42. The maximum Gasteiger partial charge on any atom is 0.361 e. The fourth-order valence-electron chi connectivity index (χ4n) is 8.60. The van der Waals surface area contributed by atoms with Gasteiger partial charge in [-0.15, -0.1) is 0 Å². The van der Waals surface area contributed by atoms with Crippen molar-refractivity contribution >= 4 is 64.4 Å². The Morgan fingerprint density at radius 3 is 1.20 bits per heavy atom. The van der Waals surface area contributed by atoms with Gasteiger partial charge in [-0.3, -0.25) is 34.6 Å². The van der Waals surface area contributed by atoms with Gasteiger partial charge in [-0.1, -0.05) is 119 Å². The molecule has 4 saturated heterocycles.